The molecule has 2 atom stereocenters. The first-order valence-electron chi connectivity index (χ1n) is 9.63. The molecule has 0 radical (unpaired) electrons. The van der Waals surface area contributed by atoms with Gasteiger partial charge in [-0.25, -0.2) is 0 Å². The topological polar surface area (TPSA) is 65.7 Å². The molecule has 2 saturated heterocycles. The highest BCUT2D eigenvalue weighted by molar-refractivity contribution is 5.78. The fraction of sp³-hybridized carbons (Fsp3) is 0.833. The number of carbonyl (C=O) groups is 1. The Labute approximate surface area is 150 Å². The lowest BCUT2D eigenvalue weighted by Gasteiger charge is -2.38. The van der Waals surface area contributed by atoms with Gasteiger partial charge in [-0.05, 0) is 25.7 Å². The highest BCUT2D eigenvalue weighted by atomic mass is 16.5. The van der Waals surface area contributed by atoms with Gasteiger partial charge in [-0.3, -0.25) is 14.6 Å². The lowest BCUT2D eigenvalue weighted by Crippen LogP contribution is -2.51. The minimum absolute atomic E-state index is 0.133. The second kappa shape index (κ2) is 8.27. The van der Waals surface area contributed by atoms with Crippen LogP contribution >= 0.6 is 0 Å². The Balaban J connectivity index is 1.45. The van der Waals surface area contributed by atoms with Crippen LogP contribution in [0.25, 0.3) is 0 Å². The Bertz CT molecular complexity index is 568. The van der Waals surface area contributed by atoms with Gasteiger partial charge in [-0.15, -0.1) is 0 Å². The van der Waals surface area contributed by atoms with Crippen molar-refractivity contribution in [1.82, 2.24) is 24.8 Å². The summed E-state index contributed by atoms with van der Waals surface area (Å²) in [5, 5.41) is 3.99. The average molecular weight is 349 g/mol. The number of likely N-dealkylation sites (tertiary alicyclic amines) is 1. The van der Waals surface area contributed by atoms with Crippen molar-refractivity contribution in [3.8, 4) is 0 Å². The molecule has 3 heterocycles. The van der Waals surface area contributed by atoms with Crippen LogP contribution in [-0.2, 0) is 11.2 Å². The maximum Gasteiger partial charge on any atom is 0.243 e. The number of aryl methyl sites for hydroxylation is 1. The number of amides is 1. The fourth-order valence-electron chi connectivity index (χ4n) is 3.75. The van der Waals surface area contributed by atoms with Crippen molar-refractivity contribution < 1.29 is 9.32 Å². The fourth-order valence-corrected chi connectivity index (χ4v) is 3.75. The molecule has 140 valence electrons. The van der Waals surface area contributed by atoms with Gasteiger partial charge in [-0.2, -0.15) is 4.98 Å². The van der Waals surface area contributed by atoms with Crippen LogP contribution in [0.5, 0.6) is 0 Å². The summed E-state index contributed by atoms with van der Waals surface area (Å²) < 4.78 is 5.37. The number of rotatable bonds is 5. The zero-order valence-electron chi connectivity index (χ0n) is 15.8. The Morgan fingerprint density at radius 2 is 2.04 bits per heavy atom. The molecule has 2 aliphatic heterocycles. The molecule has 1 amide bonds. The minimum atomic E-state index is 0.133. The Morgan fingerprint density at radius 3 is 2.68 bits per heavy atom. The van der Waals surface area contributed by atoms with Crippen LogP contribution in [-0.4, -0.2) is 76.6 Å². The lowest BCUT2D eigenvalue weighted by atomic mass is 10.0. The van der Waals surface area contributed by atoms with Crippen LogP contribution < -0.4 is 0 Å². The number of aromatic nitrogens is 2. The van der Waals surface area contributed by atoms with Crippen molar-refractivity contribution in [2.24, 2.45) is 5.92 Å². The summed E-state index contributed by atoms with van der Waals surface area (Å²) in [4.78, 5) is 23.6. The molecule has 0 N–H and O–H groups in total. The Morgan fingerprint density at radius 1 is 1.28 bits per heavy atom. The van der Waals surface area contributed by atoms with Crippen molar-refractivity contribution in [1.29, 1.82) is 0 Å². The summed E-state index contributed by atoms with van der Waals surface area (Å²) in [6.07, 6.45) is 3.18. The zero-order valence-corrected chi connectivity index (χ0v) is 15.8. The average Bonchev–Trinajstić information content (AvgIpc) is 3.11. The SMILES string of the molecule is CCc1noc([C@@H](C)N2CCN(CC(=O)N3CCC[C@H](C)C3)CC2)n1. The highest BCUT2D eigenvalue weighted by Crippen LogP contribution is 2.21. The maximum absolute atomic E-state index is 12.5. The third-order valence-corrected chi connectivity index (χ3v) is 5.48. The third kappa shape index (κ3) is 4.58. The van der Waals surface area contributed by atoms with Gasteiger partial charge in [0.1, 0.15) is 0 Å². The van der Waals surface area contributed by atoms with E-state index >= 15 is 0 Å². The third-order valence-electron chi connectivity index (χ3n) is 5.48. The first kappa shape index (κ1) is 18.3. The van der Waals surface area contributed by atoms with E-state index in [1.165, 1.54) is 6.42 Å². The molecular formula is C18H31N5O2. The van der Waals surface area contributed by atoms with Crippen LogP contribution in [0, 0.1) is 5.92 Å². The summed E-state index contributed by atoms with van der Waals surface area (Å²) in [6.45, 7) is 12.5. The first-order valence-corrected chi connectivity index (χ1v) is 9.63. The molecule has 25 heavy (non-hydrogen) atoms. The Hall–Kier alpha value is -1.47. The molecule has 0 saturated carbocycles. The van der Waals surface area contributed by atoms with Crippen molar-refractivity contribution in [2.45, 2.75) is 46.1 Å². The van der Waals surface area contributed by atoms with Crippen molar-refractivity contribution in [2.75, 3.05) is 45.8 Å². The van der Waals surface area contributed by atoms with Crippen molar-refractivity contribution >= 4 is 5.91 Å². The molecule has 1 aromatic rings. The molecule has 0 aliphatic carbocycles. The summed E-state index contributed by atoms with van der Waals surface area (Å²) in [6, 6.07) is 0.133. The molecule has 7 heteroatoms. The predicted octanol–water partition coefficient (Wildman–Crippen LogP) is 1.57. The van der Waals surface area contributed by atoms with Gasteiger partial charge in [0.2, 0.25) is 11.8 Å². The number of carbonyl (C=O) groups excluding carboxylic acids is 1. The van der Waals surface area contributed by atoms with E-state index < -0.39 is 0 Å². The van der Waals surface area contributed by atoms with Crippen LogP contribution in [0.4, 0.5) is 0 Å². The maximum atomic E-state index is 12.5. The number of hydrogen-bond donors (Lipinski definition) is 0. The normalized spacial score (nSPS) is 24.4. The van der Waals surface area contributed by atoms with Crippen LogP contribution in [0.2, 0.25) is 0 Å². The van der Waals surface area contributed by atoms with Gasteiger partial charge in [-0.1, -0.05) is 19.0 Å². The van der Waals surface area contributed by atoms with Crippen LogP contribution in [0.1, 0.15) is 51.4 Å². The molecule has 1 aromatic heterocycles. The number of nitrogens with zero attached hydrogens (tertiary/aromatic N) is 5. The molecule has 0 aromatic carbocycles. The van der Waals surface area contributed by atoms with E-state index in [1.54, 1.807) is 0 Å². The van der Waals surface area contributed by atoms with Gasteiger partial charge in [0.15, 0.2) is 5.82 Å². The van der Waals surface area contributed by atoms with E-state index in [4.69, 9.17) is 4.52 Å². The van der Waals surface area contributed by atoms with E-state index in [9.17, 15) is 4.79 Å². The highest BCUT2D eigenvalue weighted by Gasteiger charge is 2.28. The molecular weight excluding hydrogens is 318 g/mol. The summed E-state index contributed by atoms with van der Waals surface area (Å²) in [7, 11) is 0. The van der Waals surface area contributed by atoms with Crippen LogP contribution in [0.3, 0.4) is 0 Å². The first-order chi connectivity index (χ1) is 12.1. The molecule has 0 bridgehead atoms. The van der Waals surface area contributed by atoms with E-state index in [1.807, 2.05) is 11.8 Å². The Kier molecular flexibility index (Phi) is 6.06. The molecule has 0 spiro atoms. The summed E-state index contributed by atoms with van der Waals surface area (Å²) >= 11 is 0. The van der Waals surface area contributed by atoms with Gasteiger partial charge >= 0.3 is 0 Å². The van der Waals surface area contributed by atoms with Gasteiger partial charge in [0.05, 0.1) is 12.6 Å². The van der Waals surface area contributed by atoms with Gasteiger partial charge in [0.25, 0.3) is 0 Å². The smallest absolute Gasteiger partial charge is 0.243 e. The summed E-state index contributed by atoms with van der Waals surface area (Å²) in [5.41, 5.74) is 0. The second-order valence-corrected chi connectivity index (χ2v) is 7.48. The minimum Gasteiger partial charge on any atom is -0.341 e. The largest absolute Gasteiger partial charge is 0.341 e. The van der Waals surface area contributed by atoms with E-state index in [0.29, 0.717) is 18.4 Å². The number of hydrogen-bond acceptors (Lipinski definition) is 6. The molecule has 2 aliphatic rings. The van der Waals surface area contributed by atoms with E-state index in [0.717, 1.165) is 57.9 Å². The van der Waals surface area contributed by atoms with Gasteiger partial charge < -0.3 is 9.42 Å². The van der Waals surface area contributed by atoms with Crippen molar-refractivity contribution in [3.05, 3.63) is 11.7 Å². The zero-order chi connectivity index (χ0) is 17.8. The monoisotopic (exact) mass is 349 g/mol. The summed E-state index contributed by atoms with van der Waals surface area (Å²) in [5.74, 6) is 2.39. The predicted molar refractivity (Wildman–Crippen MR) is 95.1 cm³/mol. The van der Waals surface area contributed by atoms with Crippen molar-refractivity contribution in [3.63, 3.8) is 0 Å². The van der Waals surface area contributed by atoms with Gasteiger partial charge in [0, 0.05) is 45.7 Å². The van der Waals surface area contributed by atoms with Crippen LogP contribution in [0.15, 0.2) is 4.52 Å². The standard InChI is InChI=1S/C18H31N5O2/c1-4-16-19-18(25-20-16)15(3)22-10-8-21(9-11-22)13-17(24)23-7-5-6-14(2)12-23/h14-15H,4-13H2,1-3H3/t14-,15+/m0/s1. The quantitative estimate of drug-likeness (QED) is 0.804. The van der Waals surface area contributed by atoms with E-state index in [-0.39, 0.29) is 11.9 Å². The molecule has 3 rings (SSSR count). The lowest BCUT2D eigenvalue weighted by molar-refractivity contribution is -0.134. The van der Waals surface area contributed by atoms with E-state index in [2.05, 4.69) is 33.8 Å². The molecule has 7 nitrogen and oxygen atoms in total. The number of piperidine rings is 1. The second-order valence-electron chi connectivity index (χ2n) is 7.48. The molecule has 0 unspecified atom stereocenters. The number of piperazine rings is 1. The molecule has 2 fully saturated rings.